The van der Waals surface area contributed by atoms with Gasteiger partial charge in [-0.15, -0.1) is 0 Å². The van der Waals surface area contributed by atoms with Gasteiger partial charge in [0.2, 0.25) is 0 Å². The maximum absolute atomic E-state index is 11.2. The fourth-order valence-corrected chi connectivity index (χ4v) is 26.5. The average molecular weight is 609 g/mol. The molecule has 1 aliphatic carbocycles. The minimum atomic E-state index is -0.273. The van der Waals surface area contributed by atoms with Crippen LogP contribution >= 0.6 is 15.9 Å². The van der Waals surface area contributed by atoms with Crippen LogP contribution in [-0.2, 0) is 37.8 Å². The Balaban J connectivity index is 1.79. The molecule has 2 aliphatic rings. The summed E-state index contributed by atoms with van der Waals surface area (Å²) < 4.78 is 11.3. The fourth-order valence-electron chi connectivity index (χ4n) is 5.66. The van der Waals surface area contributed by atoms with Crippen molar-refractivity contribution in [2.24, 2.45) is 0 Å². The Morgan fingerprint density at radius 3 is 1.41 bits per heavy atom. The van der Waals surface area contributed by atoms with E-state index in [1.165, 1.54) is 49.7 Å². The van der Waals surface area contributed by atoms with Gasteiger partial charge in [-0.2, -0.15) is 0 Å². The molecule has 4 nitrogen and oxygen atoms in total. The molecule has 0 saturated heterocycles. The van der Waals surface area contributed by atoms with Crippen molar-refractivity contribution in [2.45, 2.75) is 113 Å². The van der Waals surface area contributed by atoms with Crippen molar-refractivity contribution >= 4 is 15.9 Å². The van der Waals surface area contributed by atoms with Gasteiger partial charge < -0.3 is 0 Å². The first kappa shape index (κ1) is 31.0. The van der Waals surface area contributed by atoms with Crippen molar-refractivity contribution in [2.75, 3.05) is 14.2 Å². The number of hydrogen-bond donors (Lipinski definition) is 2. The van der Waals surface area contributed by atoms with E-state index in [1.54, 1.807) is 14.2 Å². The Morgan fingerprint density at radius 2 is 1.08 bits per heavy atom. The van der Waals surface area contributed by atoms with Crippen molar-refractivity contribution in [3.8, 4) is 23.0 Å². The predicted octanol–water partition coefficient (Wildman–Crippen LogP) is 8.97. The zero-order valence-corrected chi connectivity index (χ0v) is 28.3. The van der Waals surface area contributed by atoms with Crippen LogP contribution in [0.1, 0.15) is 102 Å². The normalized spacial score (nSPS) is 23.7. The second-order valence-corrected chi connectivity index (χ2v) is 24.6. The molecule has 4 atom stereocenters. The Hall–Kier alpha value is -0.946. The first-order valence-electron chi connectivity index (χ1n) is 14.3. The molecule has 2 aromatic carbocycles. The van der Waals surface area contributed by atoms with E-state index in [0.29, 0.717) is 38.9 Å². The summed E-state index contributed by atoms with van der Waals surface area (Å²) in [5.41, 5.74) is 4.56. The summed E-state index contributed by atoms with van der Waals surface area (Å²) >= 11 is -0.273. The monoisotopic (exact) mass is 608 g/mol. The van der Waals surface area contributed by atoms with Crippen LogP contribution in [0.15, 0.2) is 24.3 Å². The van der Waals surface area contributed by atoms with Crippen LogP contribution in [0.25, 0.3) is 0 Å². The van der Waals surface area contributed by atoms with Crippen LogP contribution in [0, 0.1) is 0 Å². The third-order valence-corrected chi connectivity index (χ3v) is 24.1. The molecule has 1 fully saturated rings. The van der Waals surface area contributed by atoms with Gasteiger partial charge in [-0.1, -0.05) is 0 Å². The molecular weight excluding hydrogens is 560 g/mol. The molecule has 0 aromatic heterocycles. The van der Waals surface area contributed by atoms with Crippen LogP contribution < -0.4 is 9.47 Å². The quantitative estimate of drug-likeness (QED) is 0.322. The van der Waals surface area contributed by atoms with Crippen molar-refractivity contribution in [1.29, 1.82) is 0 Å². The molecule has 0 bridgehead atoms. The molecule has 4 rings (SSSR count). The van der Waals surface area contributed by atoms with Crippen molar-refractivity contribution < 1.29 is 35.1 Å². The van der Waals surface area contributed by atoms with Gasteiger partial charge in [0.05, 0.1) is 0 Å². The summed E-state index contributed by atoms with van der Waals surface area (Å²) in [5, 5.41) is 23.9. The summed E-state index contributed by atoms with van der Waals surface area (Å²) in [5.74, 6) is 3.80. The molecule has 1 aliphatic heterocycles. The second kappa shape index (κ2) is 12.5. The number of phenolic OH excluding ortho intramolecular Hbond substituents is 2. The minimum absolute atomic E-state index is 0.00743. The zero-order valence-electron chi connectivity index (χ0n) is 25.1. The summed E-state index contributed by atoms with van der Waals surface area (Å²) in [6.07, 6.45) is 7.97. The van der Waals surface area contributed by atoms with E-state index in [4.69, 9.17) is 9.47 Å². The van der Waals surface area contributed by atoms with Crippen molar-refractivity contribution in [3.63, 3.8) is 0 Å². The number of phenols is 2. The number of fused-ring (bicyclic) bond motifs is 1. The summed E-state index contributed by atoms with van der Waals surface area (Å²) in [6, 6.07) is 8.51. The van der Waals surface area contributed by atoms with Crippen LogP contribution in [0.5, 0.6) is 23.0 Å². The van der Waals surface area contributed by atoms with E-state index >= 15 is 0 Å². The molecule has 1 saturated carbocycles. The van der Waals surface area contributed by atoms with Gasteiger partial charge in [-0.05, 0) is 0 Å². The molecular formula is C32H48O4S2Ti. The van der Waals surface area contributed by atoms with Gasteiger partial charge in [0, 0.05) is 0 Å². The SMILES string of the molecule is COc1cc(C(C)(C)C)cc(C[S]2=[Ti]=[S](Cc3cc(C(C)(C)C)cc(OC)c3O)[C@H]3CCCCCCC32)c1O. The van der Waals surface area contributed by atoms with Crippen LogP contribution in [0.4, 0.5) is 0 Å². The van der Waals surface area contributed by atoms with E-state index in [1.807, 2.05) is 12.1 Å². The molecule has 1 heterocycles. The fraction of sp³-hybridized carbons (Fsp3) is 0.625. The van der Waals surface area contributed by atoms with Gasteiger partial charge in [0.15, 0.2) is 0 Å². The van der Waals surface area contributed by atoms with E-state index in [-0.39, 0.29) is 26.3 Å². The molecule has 2 N–H and O–H groups in total. The standard InChI is InChI=1S/C32H48O4S2.Ti/c1-31(2,3)23-15-21(29(33)25(17-23)35-7)19-37-27-13-11-9-10-12-14-28(27)38-20-22-16-24(32(4,5)6)18-26(36-8)30(22)34;/h15-18,27-28,33-34H,9-14,19-20H2,1-8H3;/t27-,28?;/m0./s1. The van der Waals surface area contributed by atoms with Gasteiger partial charge in [0.1, 0.15) is 0 Å². The number of methoxy groups -OCH3 is 2. The number of aromatic hydroxyl groups is 2. The topological polar surface area (TPSA) is 58.9 Å². The second-order valence-electron chi connectivity index (χ2n) is 13.2. The van der Waals surface area contributed by atoms with Gasteiger partial charge in [-0.25, -0.2) is 0 Å². The summed E-state index contributed by atoms with van der Waals surface area (Å²) in [7, 11) is 3.92. The van der Waals surface area contributed by atoms with Gasteiger partial charge >= 0.3 is 248 Å². The molecule has 0 spiro atoms. The Kier molecular flexibility index (Phi) is 9.94. The first-order valence-corrected chi connectivity index (χ1v) is 21.0. The Bertz CT molecular complexity index is 1190. The molecule has 216 valence electrons. The summed E-state index contributed by atoms with van der Waals surface area (Å²) in [4.78, 5) is 0. The Morgan fingerprint density at radius 1 is 0.692 bits per heavy atom. The maximum atomic E-state index is 11.2. The molecule has 0 amide bonds. The first-order chi connectivity index (χ1) is 18.3. The average Bonchev–Trinajstić information content (AvgIpc) is 3.14. The van der Waals surface area contributed by atoms with E-state index in [0.717, 1.165) is 33.1 Å². The van der Waals surface area contributed by atoms with E-state index in [2.05, 4.69) is 53.7 Å². The van der Waals surface area contributed by atoms with Gasteiger partial charge in [0.25, 0.3) is 0 Å². The van der Waals surface area contributed by atoms with Crippen LogP contribution in [0.3, 0.4) is 0 Å². The van der Waals surface area contributed by atoms with Crippen molar-refractivity contribution in [3.05, 3.63) is 46.5 Å². The van der Waals surface area contributed by atoms with Crippen LogP contribution in [0.2, 0.25) is 0 Å². The molecule has 39 heavy (non-hydrogen) atoms. The number of benzene rings is 2. The predicted molar refractivity (Wildman–Crippen MR) is 165 cm³/mol. The Labute approximate surface area is 246 Å². The number of hydrogen-bond acceptors (Lipinski definition) is 4. The molecule has 3 unspecified atom stereocenters. The summed E-state index contributed by atoms with van der Waals surface area (Å²) in [6.45, 7) is 13.4. The number of rotatable bonds is 6. The van der Waals surface area contributed by atoms with E-state index < -0.39 is 0 Å². The molecule has 0 radical (unpaired) electrons. The van der Waals surface area contributed by atoms with Crippen LogP contribution in [-0.4, -0.2) is 34.9 Å². The molecule has 7 heteroatoms. The van der Waals surface area contributed by atoms with Gasteiger partial charge in [-0.3, -0.25) is 0 Å². The van der Waals surface area contributed by atoms with Crippen molar-refractivity contribution in [1.82, 2.24) is 0 Å². The zero-order chi connectivity index (χ0) is 28.5. The number of ether oxygens (including phenoxy) is 2. The third-order valence-electron chi connectivity index (χ3n) is 8.19. The molecule has 2 aromatic rings. The third kappa shape index (κ3) is 7.10. The van der Waals surface area contributed by atoms with E-state index in [9.17, 15) is 10.2 Å².